The minimum Gasteiger partial charge on any atom is -0.459 e. The number of piperidine rings is 1. The molecule has 1 amide bonds. The molecule has 3 atom stereocenters. The van der Waals surface area contributed by atoms with Gasteiger partial charge >= 0.3 is 5.97 Å². The Kier molecular flexibility index (Phi) is 6.37. The van der Waals surface area contributed by atoms with Gasteiger partial charge in [0, 0.05) is 17.5 Å². The third-order valence-electron chi connectivity index (χ3n) is 4.24. The van der Waals surface area contributed by atoms with Crippen LogP contribution in [-0.4, -0.2) is 37.6 Å². The van der Waals surface area contributed by atoms with Crippen LogP contribution in [0.25, 0.3) is 0 Å². The number of esters is 1. The van der Waals surface area contributed by atoms with Gasteiger partial charge < -0.3 is 15.0 Å². The van der Waals surface area contributed by atoms with Gasteiger partial charge in [-0.1, -0.05) is 13.8 Å². The van der Waals surface area contributed by atoms with Crippen LogP contribution in [0.1, 0.15) is 44.5 Å². The molecule has 1 saturated heterocycles. The zero-order chi connectivity index (χ0) is 17.7. The van der Waals surface area contributed by atoms with Crippen molar-refractivity contribution < 1.29 is 19.2 Å². The van der Waals surface area contributed by atoms with Crippen molar-refractivity contribution in [3.63, 3.8) is 0 Å². The Morgan fingerprint density at radius 3 is 2.29 bits per heavy atom. The predicted octanol–water partition coefficient (Wildman–Crippen LogP) is 1.75. The number of ether oxygens (including phenoxy) is 1. The maximum atomic E-state index is 12.2. The molecule has 5 heteroatoms. The van der Waals surface area contributed by atoms with Crippen molar-refractivity contribution in [2.75, 3.05) is 25.0 Å². The lowest BCUT2D eigenvalue weighted by Crippen LogP contribution is -3.15. The lowest BCUT2D eigenvalue weighted by atomic mass is 9.92. The van der Waals surface area contributed by atoms with Crippen LogP contribution in [0.3, 0.4) is 0 Å². The number of anilines is 1. The molecule has 1 aromatic rings. The molecule has 1 aromatic carbocycles. The first-order valence-corrected chi connectivity index (χ1v) is 8.78. The molecule has 0 aliphatic carbocycles. The zero-order valence-corrected chi connectivity index (χ0v) is 15.1. The number of carbonyl (C=O) groups excluding carboxylic acids is 2. The summed E-state index contributed by atoms with van der Waals surface area (Å²) in [6.45, 7) is 10.7. The molecule has 0 radical (unpaired) electrons. The largest absolute Gasteiger partial charge is 0.459 e. The molecule has 5 nitrogen and oxygen atoms in total. The Bertz CT molecular complexity index is 558. The van der Waals surface area contributed by atoms with Crippen molar-refractivity contribution in [3.8, 4) is 0 Å². The smallest absolute Gasteiger partial charge is 0.338 e. The number of hydrogen-bond donors (Lipinski definition) is 2. The number of hydrogen-bond acceptors (Lipinski definition) is 3. The molecular formula is C19H29N2O3+. The molecule has 132 valence electrons. The average molecular weight is 333 g/mol. The van der Waals surface area contributed by atoms with E-state index >= 15 is 0 Å². The van der Waals surface area contributed by atoms with Crippen LogP contribution in [0.5, 0.6) is 0 Å². The Morgan fingerprint density at radius 1 is 1.17 bits per heavy atom. The number of rotatable bonds is 5. The van der Waals surface area contributed by atoms with Crippen LogP contribution in [0.2, 0.25) is 0 Å². The Labute approximate surface area is 144 Å². The minimum absolute atomic E-state index is 0.0174. The molecule has 1 aliphatic heterocycles. The summed E-state index contributed by atoms with van der Waals surface area (Å²) in [5.74, 6) is 1.01. The fourth-order valence-electron chi connectivity index (χ4n) is 3.47. The molecule has 2 rings (SSSR count). The van der Waals surface area contributed by atoms with E-state index < -0.39 is 0 Å². The van der Waals surface area contributed by atoms with Crippen LogP contribution >= 0.6 is 0 Å². The predicted molar refractivity (Wildman–Crippen MR) is 94.1 cm³/mol. The fourth-order valence-corrected chi connectivity index (χ4v) is 3.47. The molecule has 2 N–H and O–H groups in total. The van der Waals surface area contributed by atoms with E-state index in [1.807, 2.05) is 13.8 Å². The average Bonchev–Trinajstić information content (AvgIpc) is 2.45. The first-order valence-electron chi connectivity index (χ1n) is 8.78. The van der Waals surface area contributed by atoms with E-state index in [9.17, 15) is 9.59 Å². The summed E-state index contributed by atoms with van der Waals surface area (Å²) in [5, 5.41) is 2.91. The lowest BCUT2D eigenvalue weighted by molar-refractivity contribution is -0.904. The topological polar surface area (TPSA) is 59.8 Å². The minimum atomic E-state index is -0.344. The van der Waals surface area contributed by atoms with E-state index in [2.05, 4.69) is 19.2 Å². The van der Waals surface area contributed by atoms with Crippen molar-refractivity contribution >= 4 is 17.6 Å². The highest BCUT2D eigenvalue weighted by Crippen LogP contribution is 2.13. The summed E-state index contributed by atoms with van der Waals surface area (Å²) in [6.07, 6.45) is 1.10. The standard InChI is InChI=1S/C19H28N2O3/c1-13(2)24-19(23)16-5-7-17(8-6-16)20-18(22)12-21-10-14(3)9-15(4)11-21/h5-8,13-15H,9-12H2,1-4H3,(H,20,22)/p+1/t14-,15+. The van der Waals surface area contributed by atoms with Crippen LogP contribution in [0, 0.1) is 11.8 Å². The second kappa shape index (κ2) is 8.29. The van der Waals surface area contributed by atoms with Gasteiger partial charge in [0.15, 0.2) is 6.54 Å². The highest BCUT2D eigenvalue weighted by molar-refractivity contribution is 5.93. The van der Waals surface area contributed by atoms with E-state index in [0.29, 0.717) is 29.6 Å². The van der Waals surface area contributed by atoms with Gasteiger partial charge in [-0.2, -0.15) is 0 Å². The van der Waals surface area contributed by atoms with Crippen molar-refractivity contribution in [1.29, 1.82) is 0 Å². The SMILES string of the molecule is CC(C)OC(=O)c1ccc(NC(=O)C[NH+]2C[C@H](C)C[C@H](C)C2)cc1. The number of nitrogens with one attached hydrogen (secondary N) is 2. The molecule has 24 heavy (non-hydrogen) atoms. The first kappa shape index (κ1) is 18.5. The summed E-state index contributed by atoms with van der Waals surface area (Å²) in [4.78, 5) is 25.4. The Balaban J connectivity index is 1.86. The van der Waals surface area contributed by atoms with Crippen LogP contribution in [0.15, 0.2) is 24.3 Å². The Hall–Kier alpha value is -1.88. The molecule has 1 unspecified atom stereocenters. The van der Waals surface area contributed by atoms with Gasteiger partial charge in [0.25, 0.3) is 5.91 Å². The molecule has 0 aromatic heterocycles. The highest BCUT2D eigenvalue weighted by atomic mass is 16.5. The van der Waals surface area contributed by atoms with Gasteiger partial charge in [-0.05, 0) is 44.5 Å². The zero-order valence-electron chi connectivity index (χ0n) is 15.1. The van der Waals surface area contributed by atoms with Gasteiger partial charge in [0.1, 0.15) is 0 Å². The van der Waals surface area contributed by atoms with Gasteiger partial charge in [-0.15, -0.1) is 0 Å². The van der Waals surface area contributed by atoms with Gasteiger partial charge in [0.2, 0.25) is 0 Å². The van der Waals surface area contributed by atoms with Gasteiger partial charge in [0.05, 0.1) is 24.8 Å². The summed E-state index contributed by atoms with van der Waals surface area (Å²) < 4.78 is 5.15. The van der Waals surface area contributed by atoms with E-state index in [0.717, 1.165) is 13.1 Å². The summed E-state index contributed by atoms with van der Waals surface area (Å²) in [5.41, 5.74) is 1.20. The number of likely N-dealkylation sites (tertiary alicyclic amines) is 1. The fraction of sp³-hybridized carbons (Fsp3) is 0.579. The van der Waals surface area contributed by atoms with Crippen molar-refractivity contribution in [3.05, 3.63) is 29.8 Å². The molecule has 1 fully saturated rings. The number of carbonyl (C=O) groups is 2. The van der Waals surface area contributed by atoms with Gasteiger partial charge in [-0.3, -0.25) is 4.79 Å². The number of quaternary nitrogens is 1. The molecule has 0 saturated carbocycles. The number of amides is 1. The third kappa shape index (κ3) is 5.64. The van der Waals surface area contributed by atoms with E-state index in [1.165, 1.54) is 11.3 Å². The van der Waals surface area contributed by atoms with Crippen LogP contribution in [0.4, 0.5) is 5.69 Å². The van der Waals surface area contributed by atoms with Crippen molar-refractivity contribution in [1.82, 2.24) is 0 Å². The van der Waals surface area contributed by atoms with Crippen LogP contribution in [-0.2, 0) is 9.53 Å². The lowest BCUT2D eigenvalue weighted by Gasteiger charge is -2.31. The van der Waals surface area contributed by atoms with Crippen molar-refractivity contribution in [2.24, 2.45) is 11.8 Å². The molecule has 0 spiro atoms. The van der Waals surface area contributed by atoms with E-state index in [1.54, 1.807) is 24.3 Å². The van der Waals surface area contributed by atoms with Crippen LogP contribution < -0.4 is 10.2 Å². The van der Waals surface area contributed by atoms with Crippen molar-refractivity contribution in [2.45, 2.75) is 40.2 Å². The quantitative estimate of drug-likeness (QED) is 0.807. The molecule has 0 bridgehead atoms. The maximum Gasteiger partial charge on any atom is 0.338 e. The van der Waals surface area contributed by atoms with E-state index in [-0.39, 0.29) is 18.0 Å². The monoisotopic (exact) mass is 333 g/mol. The Morgan fingerprint density at radius 2 is 1.75 bits per heavy atom. The summed E-state index contributed by atoms with van der Waals surface area (Å²) in [7, 11) is 0. The van der Waals surface area contributed by atoms with Gasteiger partial charge in [-0.25, -0.2) is 4.79 Å². The third-order valence-corrected chi connectivity index (χ3v) is 4.24. The maximum absolute atomic E-state index is 12.2. The molecule has 1 heterocycles. The first-order chi connectivity index (χ1) is 11.3. The normalized spacial score (nSPS) is 23.8. The highest BCUT2D eigenvalue weighted by Gasteiger charge is 2.26. The second-order valence-corrected chi connectivity index (χ2v) is 7.36. The molecule has 1 aliphatic rings. The summed E-state index contributed by atoms with van der Waals surface area (Å²) >= 11 is 0. The second-order valence-electron chi connectivity index (χ2n) is 7.36. The molecular weight excluding hydrogens is 304 g/mol. The number of benzene rings is 1. The van der Waals surface area contributed by atoms with E-state index in [4.69, 9.17) is 4.74 Å². The summed E-state index contributed by atoms with van der Waals surface area (Å²) in [6, 6.07) is 6.84.